The van der Waals surface area contributed by atoms with Gasteiger partial charge in [-0.25, -0.2) is 4.79 Å². The molecule has 4 N–H and O–H groups in total. The molecule has 0 saturated carbocycles. The van der Waals surface area contributed by atoms with E-state index in [4.69, 9.17) is 4.74 Å². The Balaban J connectivity index is 2.01. The second-order valence-corrected chi connectivity index (χ2v) is 6.70. The summed E-state index contributed by atoms with van der Waals surface area (Å²) in [5.41, 5.74) is 1.25. The van der Waals surface area contributed by atoms with Crippen LogP contribution in [0.3, 0.4) is 0 Å². The molecule has 0 radical (unpaired) electrons. The van der Waals surface area contributed by atoms with Gasteiger partial charge in [0.15, 0.2) is 5.78 Å². The fraction of sp³-hybridized carbons (Fsp3) is 0.0833. The molecule has 0 aliphatic heterocycles. The number of phenolic OH excluding ortho intramolecular Hbond substituents is 4. The summed E-state index contributed by atoms with van der Waals surface area (Å²) in [6.45, 7) is 3.30. The maximum Gasteiger partial charge on any atom is 0.330 e. The number of hydrogen-bond donors (Lipinski definition) is 4. The first-order valence-corrected chi connectivity index (χ1v) is 9.32. The van der Waals surface area contributed by atoms with E-state index in [0.29, 0.717) is 11.1 Å². The molecule has 0 saturated heterocycles. The summed E-state index contributed by atoms with van der Waals surface area (Å²) < 4.78 is 4.94. The predicted octanol–water partition coefficient (Wildman–Crippen LogP) is 3.68. The minimum atomic E-state index is -0.594. The number of carbonyl (C=O) groups is 2. The van der Waals surface area contributed by atoms with E-state index >= 15 is 0 Å². The van der Waals surface area contributed by atoms with Gasteiger partial charge in [-0.1, -0.05) is 30.8 Å². The molecule has 0 aromatic heterocycles. The standard InChI is InChI=1S/C24H20O7/c1-2-23(29)31-10-9-14-11-19(22(28)13-20(14)26)16-5-3-4-6-17(16)24(30)18-8-7-15(25)12-21(18)27/h2-8,11-13,25-28H,1,9-10H2. The first-order chi connectivity index (χ1) is 14.8. The summed E-state index contributed by atoms with van der Waals surface area (Å²) in [5, 5.41) is 40.1. The topological polar surface area (TPSA) is 124 Å². The van der Waals surface area contributed by atoms with Crippen molar-refractivity contribution in [1.82, 2.24) is 0 Å². The van der Waals surface area contributed by atoms with Crippen molar-refractivity contribution in [1.29, 1.82) is 0 Å². The normalized spacial score (nSPS) is 10.5. The zero-order chi connectivity index (χ0) is 22.5. The van der Waals surface area contributed by atoms with Crippen molar-refractivity contribution in [3.63, 3.8) is 0 Å². The molecule has 0 unspecified atom stereocenters. The monoisotopic (exact) mass is 420 g/mol. The van der Waals surface area contributed by atoms with Crippen molar-refractivity contribution < 1.29 is 34.8 Å². The van der Waals surface area contributed by atoms with Gasteiger partial charge in [-0.2, -0.15) is 0 Å². The van der Waals surface area contributed by atoms with Gasteiger partial charge in [0.25, 0.3) is 0 Å². The average molecular weight is 420 g/mol. The Labute approximate surface area is 178 Å². The largest absolute Gasteiger partial charge is 0.508 e. The number of esters is 1. The first kappa shape index (κ1) is 21.4. The van der Waals surface area contributed by atoms with Crippen LogP contribution in [0.5, 0.6) is 23.0 Å². The maximum atomic E-state index is 13.1. The third kappa shape index (κ3) is 4.67. The minimum Gasteiger partial charge on any atom is -0.508 e. The van der Waals surface area contributed by atoms with Crippen LogP contribution in [0.1, 0.15) is 21.5 Å². The predicted molar refractivity (Wildman–Crippen MR) is 113 cm³/mol. The summed E-state index contributed by atoms with van der Waals surface area (Å²) in [4.78, 5) is 24.3. The molecule has 3 aromatic carbocycles. The molecule has 31 heavy (non-hydrogen) atoms. The van der Waals surface area contributed by atoms with Crippen molar-refractivity contribution in [2.75, 3.05) is 6.61 Å². The van der Waals surface area contributed by atoms with Crippen LogP contribution in [-0.2, 0) is 16.0 Å². The van der Waals surface area contributed by atoms with E-state index in [9.17, 15) is 30.0 Å². The zero-order valence-corrected chi connectivity index (χ0v) is 16.4. The molecule has 7 heteroatoms. The number of benzene rings is 3. The second-order valence-electron chi connectivity index (χ2n) is 6.70. The second kappa shape index (κ2) is 9.04. The summed E-state index contributed by atoms with van der Waals surface area (Å²) in [6, 6.07) is 12.8. The third-order valence-electron chi connectivity index (χ3n) is 4.67. The van der Waals surface area contributed by atoms with Gasteiger partial charge in [0, 0.05) is 35.8 Å². The smallest absolute Gasteiger partial charge is 0.330 e. The number of aromatic hydroxyl groups is 4. The van der Waals surface area contributed by atoms with Crippen molar-refractivity contribution in [2.45, 2.75) is 6.42 Å². The summed E-state index contributed by atoms with van der Waals surface area (Å²) in [5.74, 6) is -2.10. The molecule has 158 valence electrons. The molecule has 7 nitrogen and oxygen atoms in total. The fourth-order valence-corrected chi connectivity index (χ4v) is 3.13. The Bertz CT molecular complexity index is 1160. The SMILES string of the molecule is C=CC(=O)OCCc1cc(-c2ccccc2C(=O)c2ccc(O)cc2O)c(O)cc1O. The number of carbonyl (C=O) groups excluding carboxylic acids is 2. The summed E-state index contributed by atoms with van der Waals surface area (Å²) in [7, 11) is 0. The lowest BCUT2D eigenvalue weighted by atomic mass is 9.91. The number of ether oxygens (including phenoxy) is 1. The molecule has 0 atom stereocenters. The molecule has 0 aliphatic carbocycles. The number of rotatable bonds is 7. The Morgan fingerprint density at radius 3 is 2.29 bits per heavy atom. The van der Waals surface area contributed by atoms with Gasteiger partial charge in [-0.3, -0.25) is 4.79 Å². The van der Waals surface area contributed by atoms with E-state index in [0.717, 1.165) is 18.2 Å². The van der Waals surface area contributed by atoms with Gasteiger partial charge in [0.2, 0.25) is 0 Å². The molecule has 0 spiro atoms. The number of phenols is 4. The lowest BCUT2D eigenvalue weighted by Crippen LogP contribution is -2.06. The Morgan fingerprint density at radius 1 is 0.839 bits per heavy atom. The van der Waals surface area contributed by atoms with Crippen LogP contribution < -0.4 is 0 Å². The fourth-order valence-electron chi connectivity index (χ4n) is 3.13. The molecule has 0 amide bonds. The van der Waals surface area contributed by atoms with Crippen LogP contribution >= 0.6 is 0 Å². The summed E-state index contributed by atoms with van der Waals surface area (Å²) in [6.07, 6.45) is 1.20. The highest BCUT2D eigenvalue weighted by Gasteiger charge is 2.20. The van der Waals surface area contributed by atoms with E-state index in [1.807, 2.05) is 0 Å². The van der Waals surface area contributed by atoms with Gasteiger partial charge in [0.05, 0.1) is 12.2 Å². The molecule has 0 fully saturated rings. The molecule has 0 aliphatic rings. The lowest BCUT2D eigenvalue weighted by Gasteiger charge is -2.14. The van der Waals surface area contributed by atoms with E-state index in [-0.39, 0.29) is 52.7 Å². The van der Waals surface area contributed by atoms with E-state index < -0.39 is 11.8 Å². The van der Waals surface area contributed by atoms with Gasteiger partial charge in [-0.15, -0.1) is 0 Å². The number of ketones is 1. The molecule has 3 rings (SSSR count). The van der Waals surface area contributed by atoms with Gasteiger partial charge in [-0.05, 0) is 29.3 Å². The van der Waals surface area contributed by atoms with Crippen molar-refractivity contribution in [2.24, 2.45) is 0 Å². The molecule has 3 aromatic rings. The van der Waals surface area contributed by atoms with E-state index in [2.05, 4.69) is 6.58 Å². The first-order valence-electron chi connectivity index (χ1n) is 9.32. The average Bonchev–Trinajstić information content (AvgIpc) is 2.74. The summed E-state index contributed by atoms with van der Waals surface area (Å²) >= 11 is 0. The quantitative estimate of drug-likeness (QED) is 0.261. The van der Waals surface area contributed by atoms with E-state index in [1.54, 1.807) is 24.3 Å². The zero-order valence-electron chi connectivity index (χ0n) is 16.4. The highest BCUT2D eigenvalue weighted by atomic mass is 16.5. The van der Waals surface area contributed by atoms with Crippen molar-refractivity contribution >= 4 is 11.8 Å². The minimum absolute atomic E-state index is 0.00934. The van der Waals surface area contributed by atoms with Crippen LogP contribution in [-0.4, -0.2) is 38.8 Å². The third-order valence-corrected chi connectivity index (χ3v) is 4.67. The van der Waals surface area contributed by atoms with Gasteiger partial charge in [0.1, 0.15) is 23.0 Å². The van der Waals surface area contributed by atoms with Crippen LogP contribution in [0.25, 0.3) is 11.1 Å². The Morgan fingerprint density at radius 2 is 1.58 bits per heavy atom. The lowest BCUT2D eigenvalue weighted by molar-refractivity contribution is -0.137. The molecule has 0 bridgehead atoms. The molecular weight excluding hydrogens is 400 g/mol. The maximum absolute atomic E-state index is 13.1. The van der Waals surface area contributed by atoms with Crippen LogP contribution in [0, 0.1) is 0 Å². The van der Waals surface area contributed by atoms with Gasteiger partial charge < -0.3 is 25.2 Å². The van der Waals surface area contributed by atoms with Crippen molar-refractivity contribution in [3.05, 3.63) is 83.9 Å². The Hall–Kier alpha value is -4.26. The van der Waals surface area contributed by atoms with Crippen LogP contribution in [0.15, 0.2) is 67.3 Å². The van der Waals surface area contributed by atoms with Gasteiger partial charge >= 0.3 is 5.97 Å². The van der Waals surface area contributed by atoms with Crippen LogP contribution in [0.4, 0.5) is 0 Å². The molecule has 0 heterocycles. The number of hydrogen-bond acceptors (Lipinski definition) is 7. The highest BCUT2D eigenvalue weighted by Crippen LogP contribution is 2.38. The molecular formula is C24H20O7. The van der Waals surface area contributed by atoms with Crippen molar-refractivity contribution in [3.8, 4) is 34.1 Å². The highest BCUT2D eigenvalue weighted by molar-refractivity contribution is 6.14. The Kier molecular flexibility index (Phi) is 6.26. The van der Waals surface area contributed by atoms with Crippen LogP contribution in [0.2, 0.25) is 0 Å². The van der Waals surface area contributed by atoms with E-state index in [1.165, 1.54) is 18.2 Å².